The van der Waals surface area contributed by atoms with E-state index < -0.39 is 11.8 Å². The van der Waals surface area contributed by atoms with Crippen LogP contribution < -0.4 is 10.9 Å². The molecule has 0 aliphatic rings. The van der Waals surface area contributed by atoms with Crippen molar-refractivity contribution in [1.29, 1.82) is 0 Å². The van der Waals surface area contributed by atoms with Gasteiger partial charge in [-0.15, -0.1) is 11.3 Å². The molecule has 0 atom stereocenters. The van der Waals surface area contributed by atoms with Crippen LogP contribution in [-0.4, -0.2) is 21.8 Å². The Kier molecular flexibility index (Phi) is 5.66. The van der Waals surface area contributed by atoms with Crippen molar-refractivity contribution in [2.75, 3.05) is 0 Å². The van der Waals surface area contributed by atoms with E-state index in [1.807, 2.05) is 34.6 Å². The Balaban J connectivity index is 1.75. The monoisotopic (exact) mass is 414 g/mol. The predicted octanol–water partition coefficient (Wildman–Crippen LogP) is 3.75. The van der Waals surface area contributed by atoms with E-state index in [9.17, 15) is 14.0 Å². The Morgan fingerprint density at radius 2 is 1.72 bits per heavy atom. The van der Waals surface area contributed by atoms with Crippen molar-refractivity contribution >= 4 is 33.4 Å². The third kappa shape index (κ3) is 4.59. The van der Waals surface area contributed by atoms with Gasteiger partial charge in [-0.25, -0.2) is 14.4 Å². The van der Waals surface area contributed by atoms with Gasteiger partial charge < -0.3 is 0 Å². The van der Waals surface area contributed by atoms with Crippen LogP contribution in [0.25, 0.3) is 10.2 Å². The van der Waals surface area contributed by atoms with Gasteiger partial charge in [0.15, 0.2) is 0 Å². The number of thiophene rings is 1. The zero-order chi connectivity index (χ0) is 21.3. The summed E-state index contributed by atoms with van der Waals surface area (Å²) in [7, 11) is 0. The van der Waals surface area contributed by atoms with E-state index in [0.717, 1.165) is 27.3 Å². The van der Waals surface area contributed by atoms with Gasteiger partial charge in [-0.3, -0.25) is 20.4 Å². The molecule has 152 valence electrons. The summed E-state index contributed by atoms with van der Waals surface area (Å²) < 4.78 is 12.9. The van der Waals surface area contributed by atoms with Gasteiger partial charge >= 0.3 is 0 Å². The van der Waals surface area contributed by atoms with Gasteiger partial charge in [-0.1, -0.05) is 32.9 Å². The molecule has 0 radical (unpaired) electrons. The lowest BCUT2D eigenvalue weighted by molar-refractivity contribution is -0.121. The van der Waals surface area contributed by atoms with Crippen molar-refractivity contribution < 1.29 is 14.0 Å². The fourth-order valence-corrected chi connectivity index (χ4v) is 4.03. The summed E-state index contributed by atoms with van der Waals surface area (Å²) in [6.45, 7) is 9.88. The molecule has 0 saturated carbocycles. The lowest BCUT2D eigenvalue weighted by atomic mass is 9.95. The number of benzene rings is 1. The van der Waals surface area contributed by atoms with Crippen LogP contribution in [0.5, 0.6) is 0 Å². The van der Waals surface area contributed by atoms with Crippen molar-refractivity contribution in [2.24, 2.45) is 0 Å². The summed E-state index contributed by atoms with van der Waals surface area (Å²) in [5, 5.41) is 0.866. The van der Waals surface area contributed by atoms with Crippen LogP contribution >= 0.6 is 11.3 Å². The second-order valence-electron chi connectivity index (χ2n) is 7.92. The summed E-state index contributed by atoms with van der Waals surface area (Å²) >= 11 is 1.28. The van der Waals surface area contributed by atoms with Crippen LogP contribution in [0.15, 0.2) is 24.3 Å². The minimum absolute atomic E-state index is 0.0332. The molecule has 0 bridgehead atoms. The Morgan fingerprint density at radius 3 is 2.34 bits per heavy atom. The first-order valence-corrected chi connectivity index (χ1v) is 9.99. The maximum absolute atomic E-state index is 12.9. The van der Waals surface area contributed by atoms with E-state index in [1.54, 1.807) is 0 Å². The summed E-state index contributed by atoms with van der Waals surface area (Å²) in [5.41, 5.74) is 6.91. The van der Waals surface area contributed by atoms with Crippen LogP contribution in [0.1, 0.15) is 53.1 Å². The smallest absolute Gasteiger partial charge is 0.273 e. The van der Waals surface area contributed by atoms with E-state index in [1.165, 1.54) is 35.6 Å². The average Bonchev–Trinajstić information content (AvgIpc) is 2.98. The molecule has 29 heavy (non-hydrogen) atoms. The number of nitrogens with zero attached hydrogens (tertiary/aromatic N) is 2. The molecule has 2 heterocycles. The number of hydrogen-bond acceptors (Lipinski definition) is 5. The highest BCUT2D eigenvalue weighted by atomic mass is 32.1. The normalized spacial score (nSPS) is 11.5. The lowest BCUT2D eigenvalue weighted by Gasteiger charge is -2.16. The fraction of sp³-hybridized carbons (Fsp3) is 0.333. The van der Waals surface area contributed by atoms with Gasteiger partial charge in [-0.05, 0) is 37.1 Å². The quantitative estimate of drug-likeness (QED) is 0.640. The highest BCUT2D eigenvalue weighted by molar-refractivity contribution is 7.20. The Morgan fingerprint density at radius 1 is 1.07 bits per heavy atom. The number of hydrazine groups is 1. The highest BCUT2D eigenvalue weighted by Crippen LogP contribution is 2.33. The standard InChI is InChI=1S/C21H23FN4O2S/c1-11-16-12(2)23-20(21(3,4)5)24-19(16)29-17(11)18(28)26-25-15(27)10-13-6-8-14(22)9-7-13/h6-9H,10H2,1-5H3,(H,25,27)(H,26,28). The predicted molar refractivity (Wildman–Crippen MR) is 111 cm³/mol. The van der Waals surface area contributed by atoms with Crippen molar-refractivity contribution in [1.82, 2.24) is 20.8 Å². The highest BCUT2D eigenvalue weighted by Gasteiger charge is 2.23. The minimum atomic E-state index is -0.408. The number of aromatic nitrogens is 2. The molecule has 2 N–H and O–H groups in total. The van der Waals surface area contributed by atoms with E-state index in [2.05, 4.69) is 20.8 Å². The third-order valence-electron chi connectivity index (χ3n) is 4.44. The second kappa shape index (κ2) is 7.87. The van der Waals surface area contributed by atoms with Crippen LogP contribution in [0.2, 0.25) is 0 Å². The SMILES string of the molecule is Cc1nc(C(C)(C)C)nc2sc(C(=O)NNC(=O)Cc3ccc(F)cc3)c(C)c12. The fourth-order valence-electron chi connectivity index (χ4n) is 2.91. The first-order chi connectivity index (χ1) is 13.6. The van der Waals surface area contributed by atoms with Crippen molar-refractivity contribution in [3.63, 3.8) is 0 Å². The number of carbonyl (C=O) groups is 2. The summed E-state index contributed by atoms with van der Waals surface area (Å²) in [4.78, 5) is 35.1. The van der Waals surface area contributed by atoms with Gasteiger partial charge in [0, 0.05) is 10.8 Å². The van der Waals surface area contributed by atoms with Gasteiger partial charge in [0.1, 0.15) is 16.5 Å². The second-order valence-corrected chi connectivity index (χ2v) is 8.92. The molecule has 2 amide bonds. The molecule has 0 aliphatic heterocycles. The molecule has 0 unspecified atom stereocenters. The molecular formula is C21H23FN4O2S. The number of aryl methyl sites for hydroxylation is 2. The average molecular weight is 415 g/mol. The number of carbonyl (C=O) groups excluding carboxylic acids is 2. The molecule has 0 aliphatic carbocycles. The van der Waals surface area contributed by atoms with Crippen molar-refractivity contribution in [3.05, 3.63) is 57.6 Å². The third-order valence-corrected chi connectivity index (χ3v) is 5.63. The van der Waals surface area contributed by atoms with Gasteiger partial charge in [-0.2, -0.15) is 0 Å². The number of fused-ring (bicyclic) bond motifs is 1. The van der Waals surface area contributed by atoms with Crippen molar-refractivity contribution in [2.45, 2.75) is 46.5 Å². The van der Waals surface area contributed by atoms with E-state index in [0.29, 0.717) is 10.4 Å². The van der Waals surface area contributed by atoms with Gasteiger partial charge in [0.2, 0.25) is 5.91 Å². The maximum Gasteiger partial charge on any atom is 0.280 e. The molecule has 2 aromatic heterocycles. The van der Waals surface area contributed by atoms with E-state index >= 15 is 0 Å². The molecule has 1 aromatic carbocycles. The molecule has 3 rings (SSSR count). The molecule has 0 fully saturated rings. The molecule has 6 nitrogen and oxygen atoms in total. The molecular weight excluding hydrogens is 391 g/mol. The zero-order valence-corrected chi connectivity index (χ0v) is 17.8. The number of halogens is 1. The first kappa shape index (κ1) is 20.9. The Labute approximate surface area is 172 Å². The zero-order valence-electron chi connectivity index (χ0n) is 17.0. The topological polar surface area (TPSA) is 84.0 Å². The lowest BCUT2D eigenvalue weighted by Crippen LogP contribution is -2.42. The number of amides is 2. The van der Waals surface area contributed by atoms with E-state index in [4.69, 9.17) is 0 Å². The number of nitrogens with one attached hydrogen (secondary N) is 2. The molecule has 0 saturated heterocycles. The van der Waals surface area contributed by atoms with Crippen LogP contribution in [0.3, 0.4) is 0 Å². The maximum atomic E-state index is 12.9. The Bertz CT molecular complexity index is 1080. The Hall–Kier alpha value is -2.87. The molecule has 3 aromatic rings. The molecule has 8 heteroatoms. The van der Waals surface area contributed by atoms with Crippen molar-refractivity contribution in [3.8, 4) is 0 Å². The minimum Gasteiger partial charge on any atom is -0.273 e. The van der Waals surface area contributed by atoms with E-state index in [-0.39, 0.29) is 17.7 Å². The number of hydrogen-bond donors (Lipinski definition) is 2. The molecule has 0 spiro atoms. The number of rotatable bonds is 3. The summed E-state index contributed by atoms with van der Waals surface area (Å²) in [6.07, 6.45) is 0.0332. The van der Waals surface area contributed by atoms with Gasteiger partial charge in [0.05, 0.1) is 17.0 Å². The first-order valence-electron chi connectivity index (χ1n) is 9.18. The largest absolute Gasteiger partial charge is 0.280 e. The van der Waals surface area contributed by atoms with Crippen LogP contribution in [0, 0.1) is 19.7 Å². The van der Waals surface area contributed by atoms with Gasteiger partial charge in [0.25, 0.3) is 5.91 Å². The summed E-state index contributed by atoms with van der Waals surface area (Å²) in [5.74, 6) is -0.441. The van der Waals surface area contributed by atoms with Crippen LogP contribution in [-0.2, 0) is 16.6 Å². The van der Waals surface area contributed by atoms with Crippen LogP contribution in [0.4, 0.5) is 4.39 Å². The summed E-state index contributed by atoms with van der Waals surface area (Å²) in [6, 6.07) is 5.64.